The average Bonchev–Trinajstić information content (AvgIpc) is 1.84. The van der Waals surface area contributed by atoms with E-state index in [0.717, 1.165) is 5.06 Å². The van der Waals surface area contributed by atoms with Crippen molar-refractivity contribution in [2.75, 3.05) is 18.9 Å². The summed E-state index contributed by atoms with van der Waals surface area (Å²) in [4.78, 5) is 4.50. The van der Waals surface area contributed by atoms with Crippen LogP contribution < -0.4 is 0 Å². The minimum Gasteiger partial charge on any atom is -0.305 e. The second kappa shape index (κ2) is 5.75. The molecule has 0 aliphatic heterocycles. The summed E-state index contributed by atoms with van der Waals surface area (Å²) in [5.74, 6) is -0.606. The molecule has 0 aliphatic carbocycles. The number of hydrogen-bond donors (Lipinski definition) is 2. The fraction of sp³-hybridized carbons (Fsp3) is 1.00. The zero-order valence-corrected chi connectivity index (χ0v) is 7.43. The summed E-state index contributed by atoms with van der Waals surface area (Å²) in [5.41, 5.74) is 0. The van der Waals surface area contributed by atoms with Gasteiger partial charge in [-0.15, -0.1) is 0 Å². The van der Waals surface area contributed by atoms with Crippen molar-refractivity contribution < 1.29 is 22.4 Å². The topological polar surface area (TPSA) is 87.1 Å². The van der Waals surface area contributed by atoms with E-state index in [9.17, 15) is 8.42 Å². The molecule has 0 saturated heterocycles. The molecule has 0 heterocycles. The second-order valence-corrected chi connectivity index (χ2v) is 3.37. The third-order valence-electron chi connectivity index (χ3n) is 0.767. The van der Waals surface area contributed by atoms with E-state index in [4.69, 9.17) is 9.11 Å². The summed E-state index contributed by atoms with van der Waals surface area (Å²) in [6.45, 7) is 0. The highest BCUT2D eigenvalue weighted by Crippen LogP contribution is 1.91. The van der Waals surface area contributed by atoms with Gasteiger partial charge in [-0.1, -0.05) is 0 Å². The lowest BCUT2D eigenvalue weighted by atomic mass is 11.2. The van der Waals surface area contributed by atoms with E-state index in [2.05, 4.69) is 4.84 Å². The maximum atomic E-state index is 10.2. The third kappa shape index (κ3) is 6.53. The van der Waals surface area contributed by atoms with E-state index in [-0.39, 0.29) is 11.8 Å². The quantitative estimate of drug-likeness (QED) is 0.449. The summed E-state index contributed by atoms with van der Waals surface area (Å²) in [6.07, 6.45) is 0. The second-order valence-electron chi connectivity index (χ2n) is 1.57. The molecule has 0 aliphatic rings. The third-order valence-corrected chi connectivity index (χ3v) is 1.78. The Labute approximate surface area is 69.1 Å². The fourth-order valence-electron chi connectivity index (χ4n) is 0.389. The fourth-order valence-corrected chi connectivity index (χ4v) is 1.39. The first kappa shape index (κ1) is 11.1. The molecule has 0 spiro atoms. The number of rotatable bonds is 5. The van der Waals surface area contributed by atoms with Crippen molar-refractivity contribution in [3.8, 4) is 0 Å². The molecule has 0 rings (SSSR count). The van der Waals surface area contributed by atoms with Gasteiger partial charge in [0.25, 0.3) is 0 Å². The number of hydrogen-bond acceptors (Lipinski definition) is 4. The van der Waals surface area contributed by atoms with Crippen LogP contribution in [0, 0.1) is 0 Å². The predicted octanol–water partition coefficient (Wildman–Crippen LogP) is -0.792. The van der Waals surface area contributed by atoms with E-state index < -0.39 is 22.2 Å². The predicted molar refractivity (Wildman–Crippen MR) is 40.1 cm³/mol. The van der Waals surface area contributed by atoms with Crippen molar-refractivity contribution >= 4 is 22.2 Å². The summed E-state index contributed by atoms with van der Waals surface area (Å²) < 4.78 is 37.0. The van der Waals surface area contributed by atoms with Gasteiger partial charge < -0.3 is 13.9 Å². The van der Waals surface area contributed by atoms with E-state index in [1.165, 1.54) is 7.11 Å². The van der Waals surface area contributed by atoms with Gasteiger partial charge >= 0.3 is 0 Å². The highest BCUT2D eigenvalue weighted by atomic mass is 32.2. The molecular formula is C3H9NO5S2. The zero-order valence-electron chi connectivity index (χ0n) is 5.80. The Morgan fingerprint density at radius 3 is 1.82 bits per heavy atom. The van der Waals surface area contributed by atoms with Crippen LogP contribution in [0.2, 0.25) is 0 Å². The van der Waals surface area contributed by atoms with Crippen LogP contribution in [0.3, 0.4) is 0 Å². The van der Waals surface area contributed by atoms with E-state index in [1.54, 1.807) is 0 Å². The molecule has 68 valence electrons. The van der Waals surface area contributed by atoms with Gasteiger partial charge in [-0.05, 0) is 0 Å². The maximum absolute atomic E-state index is 10.2. The molecule has 8 heteroatoms. The molecule has 2 N–H and O–H groups in total. The van der Waals surface area contributed by atoms with Gasteiger partial charge in [0, 0.05) is 0 Å². The molecule has 0 bridgehead atoms. The molecule has 2 unspecified atom stereocenters. The van der Waals surface area contributed by atoms with E-state index in [1.807, 2.05) is 0 Å². The average molecular weight is 203 g/mol. The van der Waals surface area contributed by atoms with Gasteiger partial charge in [0.2, 0.25) is 0 Å². The molecule has 0 aromatic heterocycles. The van der Waals surface area contributed by atoms with Gasteiger partial charge in [0.15, 0.2) is 22.2 Å². The lowest BCUT2D eigenvalue weighted by Crippen LogP contribution is -2.29. The molecule has 2 atom stereocenters. The van der Waals surface area contributed by atoms with Crippen LogP contribution in [-0.4, -0.2) is 41.4 Å². The lowest BCUT2D eigenvalue weighted by Gasteiger charge is -2.14. The van der Waals surface area contributed by atoms with Crippen molar-refractivity contribution in [3.05, 3.63) is 0 Å². The first-order chi connectivity index (χ1) is 5.06. The largest absolute Gasteiger partial charge is 0.305 e. The molecule has 0 radical (unpaired) electrons. The first-order valence-electron chi connectivity index (χ1n) is 2.50. The Morgan fingerprint density at radius 2 is 1.64 bits per heavy atom. The zero-order chi connectivity index (χ0) is 8.85. The molecular weight excluding hydrogens is 194 g/mol. The first-order valence-corrected chi connectivity index (χ1v) is 5.05. The van der Waals surface area contributed by atoms with Crippen molar-refractivity contribution in [2.24, 2.45) is 0 Å². The van der Waals surface area contributed by atoms with Crippen molar-refractivity contribution in [1.29, 1.82) is 0 Å². The Morgan fingerprint density at radius 1 is 1.27 bits per heavy atom. The molecule has 0 aromatic carbocycles. The molecule has 0 fully saturated rings. The Hall–Kier alpha value is 0.140. The van der Waals surface area contributed by atoms with Crippen molar-refractivity contribution in [1.82, 2.24) is 5.06 Å². The molecule has 0 saturated carbocycles. The molecule has 0 aromatic rings. The van der Waals surface area contributed by atoms with Crippen molar-refractivity contribution in [3.63, 3.8) is 0 Å². The Bertz CT molecular complexity index is 146. The molecule has 6 nitrogen and oxygen atoms in total. The number of nitrogens with zero attached hydrogens (tertiary/aromatic N) is 1. The maximum Gasteiger partial charge on any atom is 0.169 e. The highest BCUT2D eigenvalue weighted by molar-refractivity contribution is 7.80. The molecule has 11 heavy (non-hydrogen) atoms. The summed E-state index contributed by atoms with van der Waals surface area (Å²) in [5, 5.41) is 0.923. The van der Waals surface area contributed by atoms with Gasteiger partial charge in [-0.2, -0.15) is 5.06 Å². The summed E-state index contributed by atoms with van der Waals surface area (Å²) in [6, 6.07) is 0. The van der Waals surface area contributed by atoms with Crippen LogP contribution in [0.4, 0.5) is 0 Å². The van der Waals surface area contributed by atoms with Crippen molar-refractivity contribution in [2.45, 2.75) is 0 Å². The number of hydroxylamine groups is 2. The van der Waals surface area contributed by atoms with Gasteiger partial charge in [0.1, 0.15) is 11.8 Å². The van der Waals surface area contributed by atoms with Crippen LogP contribution in [0.5, 0.6) is 0 Å². The SMILES string of the molecule is CON(CS(=O)O)CS(=O)O. The Balaban J connectivity index is 3.76. The van der Waals surface area contributed by atoms with Crippen LogP contribution in [-0.2, 0) is 27.0 Å². The normalized spacial score (nSPS) is 16.7. The standard InChI is InChI=1S/C3H9NO5S2/c1-9-4(2-10(5)6)3-11(7)8/h2-3H2,1H3,(H,5,6)(H,7,8). The summed E-state index contributed by atoms with van der Waals surface area (Å²) in [7, 11) is 1.25. The highest BCUT2D eigenvalue weighted by Gasteiger charge is 2.09. The van der Waals surface area contributed by atoms with Gasteiger partial charge in [-0.25, -0.2) is 8.42 Å². The lowest BCUT2D eigenvalue weighted by molar-refractivity contribution is -0.101. The van der Waals surface area contributed by atoms with Gasteiger partial charge in [-0.3, -0.25) is 0 Å². The Kier molecular flexibility index (Phi) is 5.82. The van der Waals surface area contributed by atoms with Crippen LogP contribution >= 0.6 is 0 Å². The monoisotopic (exact) mass is 203 g/mol. The van der Waals surface area contributed by atoms with Gasteiger partial charge in [0.05, 0.1) is 7.11 Å². The minimum absolute atomic E-state index is 0.303. The minimum atomic E-state index is -2.06. The van der Waals surface area contributed by atoms with Crippen LogP contribution in [0.25, 0.3) is 0 Å². The smallest absolute Gasteiger partial charge is 0.169 e. The van der Waals surface area contributed by atoms with Crippen LogP contribution in [0.15, 0.2) is 0 Å². The van der Waals surface area contributed by atoms with Crippen LogP contribution in [0.1, 0.15) is 0 Å². The summed E-state index contributed by atoms with van der Waals surface area (Å²) >= 11 is -4.11. The van der Waals surface area contributed by atoms with E-state index >= 15 is 0 Å². The van der Waals surface area contributed by atoms with E-state index in [0.29, 0.717) is 0 Å². The molecule has 0 amide bonds.